The molecule has 2 rings (SSSR count). The van der Waals surface area contributed by atoms with Gasteiger partial charge in [-0.1, -0.05) is 0 Å². The lowest BCUT2D eigenvalue weighted by atomic mass is 10.1. The van der Waals surface area contributed by atoms with Crippen LogP contribution in [-0.2, 0) is 7.05 Å². The summed E-state index contributed by atoms with van der Waals surface area (Å²) in [4.78, 5) is 4.09. The fraction of sp³-hybridized carbons (Fsp3) is 0.182. The maximum Gasteiger partial charge on any atom is 0.147 e. The first-order chi connectivity index (χ1) is 8.04. The van der Waals surface area contributed by atoms with Gasteiger partial charge in [-0.25, -0.2) is 4.98 Å². The highest BCUT2D eigenvalue weighted by atomic mass is 79.9. The smallest absolute Gasteiger partial charge is 0.147 e. The molecule has 0 aliphatic rings. The first-order valence-electron chi connectivity index (χ1n) is 4.89. The van der Waals surface area contributed by atoms with E-state index in [1.165, 1.54) is 4.68 Å². The summed E-state index contributed by atoms with van der Waals surface area (Å²) in [6, 6.07) is 4.02. The highest BCUT2D eigenvalue weighted by Gasteiger charge is 2.16. The first kappa shape index (κ1) is 11.6. The first-order valence-corrected chi connectivity index (χ1v) is 5.69. The van der Waals surface area contributed by atoms with E-state index in [0.29, 0.717) is 16.1 Å². The molecule has 0 spiro atoms. The second-order valence-electron chi connectivity index (χ2n) is 3.68. The highest BCUT2D eigenvalue weighted by Crippen LogP contribution is 2.31. The zero-order valence-corrected chi connectivity index (χ0v) is 11.0. The topological polar surface area (TPSA) is 80.5 Å². The lowest BCUT2D eigenvalue weighted by Gasteiger charge is -2.03. The monoisotopic (exact) mass is 291 g/mol. The van der Waals surface area contributed by atoms with Gasteiger partial charge in [-0.05, 0) is 34.5 Å². The third-order valence-electron chi connectivity index (χ3n) is 2.52. The van der Waals surface area contributed by atoms with Gasteiger partial charge >= 0.3 is 0 Å². The average Bonchev–Trinajstić information content (AvgIpc) is 2.57. The molecule has 17 heavy (non-hydrogen) atoms. The zero-order chi connectivity index (χ0) is 12.6. The van der Waals surface area contributed by atoms with Gasteiger partial charge in [0.2, 0.25) is 0 Å². The van der Waals surface area contributed by atoms with Crippen LogP contribution in [0.5, 0.6) is 0 Å². The van der Waals surface area contributed by atoms with Crippen LogP contribution in [0.25, 0.3) is 11.1 Å². The predicted molar refractivity (Wildman–Crippen MR) is 68.0 cm³/mol. The Hall–Kier alpha value is -1.87. The van der Waals surface area contributed by atoms with Crippen LogP contribution in [0.15, 0.2) is 16.9 Å². The maximum atomic E-state index is 9.12. The van der Waals surface area contributed by atoms with Crippen molar-refractivity contribution in [1.29, 1.82) is 5.26 Å². The Kier molecular flexibility index (Phi) is 2.86. The minimum Gasteiger partial charge on any atom is -0.383 e. The van der Waals surface area contributed by atoms with Crippen LogP contribution in [0.1, 0.15) is 11.3 Å². The molecule has 0 fully saturated rings. The van der Waals surface area contributed by atoms with Gasteiger partial charge in [-0.15, -0.1) is 0 Å². The van der Waals surface area contributed by atoms with Crippen molar-refractivity contribution in [2.45, 2.75) is 6.92 Å². The number of nitrogen functional groups attached to an aromatic ring is 1. The van der Waals surface area contributed by atoms with E-state index in [0.717, 1.165) is 16.7 Å². The van der Waals surface area contributed by atoms with Gasteiger partial charge in [0.05, 0.1) is 5.56 Å². The van der Waals surface area contributed by atoms with E-state index < -0.39 is 0 Å². The van der Waals surface area contributed by atoms with E-state index >= 15 is 0 Å². The molecule has 5 nitrogen and oxygen atoms in total. The third-order valence-corrected chi connectivity index (χ3v) is 3.07. The number of aryl methyl sites for hydroxylation is 2. The molecular formula is C11H10BrN5. The summed E-state index contributed by atoms with van der Waals surface area (Å²) in [5.41, 5.74) is 8.61. The largest absolute Gasteiger partial charge is 0.383 e. The molecule has 0 saturated carbocycles. The number of nitrogens with two attached hydrogens (primary N) is 1. The van der Waals surface area contributed by atoms with Crippen LogP contribution < -0.4 is 5.73 Å². The molecule has 0 amide bonds. The number of hydrogen-bond acceptors (Lipinski definition) is 4. The molecule has 0 saturated heterocycles. The second kappa shape index (κ2) is 4.18. The summed E-state index contributed by atoms with van der Waals surface area (Å²) in [6.07, 6.45) is 1.64. The number of aromatic nitrogens is 3. The van der Waals surface area contributed by atoms with Gasteiger partial charge in [0.25, 0.3) is 0 Å². The third kappa shape index (κ3) is 1.89. The molecule has 86 valence electrons. The van der Waals surface area contributed by atoms with Gasteiger partial charge in [-0.2, -0.15) is 10.4 Å². The van der Waals surface area contributed by atoms with E-state index in [9.17, 15) is 0 Å². The van der Waals surface area contributed by atoms with E-state index in [4.69, 9.17) is 11.0 Å². The van der Waals surface area contributed by atoms with Crippen LogP contribution in [0.4, 0.5) is 5.82 Å². The van der Waals surface area contributed by atoms with Gasteiger partial charge in [0.1, 0.15) is 22.2 Å². The summed E-state index contributed by atoms with van der Waals surface area (Å²) in [6.45, 7) is 1.88. The normalized spacial score (nSPS) is 10.2. The molecule has 0 aliphatic carbocycles. The van der Waals surface area contributed by atoms with E-state index in [1.54, 1.807) is 13.2 Å². The number of rotatable bonds is 1. The molecule has 0 radical (unpaired) electrons. The molecule has 2 N–H and O–H groups in total. The quantitative estimate of drug-likeness (QED) is 0.871. The molecule has 2 heterocycles. The SMILES string of the molecule is Cc1cc(-c2c(Br)nn(C)c2C#N)cnc1N. The number of halogens is 1. The fourth-order valence-corrected chi connectivity index (χ4v) is 2.25. The molecule has 0 unspecified atom stereocenters. The summed E-state index contributed by atoms with van der Waals surface area (Å²) < 4.78 is 2.16. The van der Waals surface area contributed by atoms with Crippen LogP contribution in [0.3, 0.4) is 0 Å². The number of hydrogen-bond donors (Lipinski definition) is 1. The van der Waals surface area contributed by atoms with E-state index in [2.05, 4.69) is 32.1 Å². The number of pyridine rings is 1. The van der Waals surface area contributed by atoms with Crippen LogP contribution in [0, 0.1) is 18.3 Å². The van der Waals surface area contributed by atoms with Crippen molar-refractivity contribution >= 4 is 21.7 Å². The molecular weight excluding hydrogens is 282 g/mol. The van der Waals surface area contributed by atoms with Crippen molar-refractivity contribution in [1.82, 2.24) is 14.8 Å². The molecule has 2 aromatic heterocycles. The van der Waals surface area contributed by atoms with Crippen molar-refractivity contribution in [2.24, 2.45) is 7.05 Å². The second-order valence-corrected chi connectivity index (χ2v) is 4.43. The fourth-order valence-electron chi connectivity index (χ4n) is 1.60. The Balaban J connectivity index is 2.69. The molecule has 6 heteroatoms. The molecule has 0 aliphatic heterocycles. The molecule has 0 bridgehead atoms. The van der Waals surface area contributed by atoms with Crippen LogP contribution >= 0.6 is 15.9 Å². The number of nitriles is 1. The highest BCUT2D eigenvalue weighted by molar-refractivity contribution is 9.10. The predicted octanol–water partition coefficient (Wildman–Crippen LogP) is 2.01. The van der Waals surface area contributed by atoms with Gasteiger partial charge in [0, 0.05) is 18.8 Å². The van der Waals surface area contributed by atoms with Crippen molar-refractivity contribution < 1.29 is 0 Å². The Labute approximate surface area is 107 Å². The molecule has 2 aromatic rings. The van der Waals surface area contributed by atoms with Gasteiger partial charge in [-0.3, -0.25) is 4.68 Å². The van der Waals surface area contributed by atoms with Crippen LogP contribution in [0.2, 0.25) is 0 Å². The average molecular weight is 292 g/mol. The minimum absolute atomic E-state index is 0.489. The molecule has 0 atom stereocenters. The Morgan fingerprint density at radius 1 is 1.53 bits per heavy atom. The van der Waals surface area contributed by atoms with Gasteiger partial charge in [0.15, 0.2) is 0 Å². The summed E-state index contributed by atoms with van der Waals surface area (Å²) in [7, 11) is 1.73. The molecule has 0 aromatic carbocycles. The number of nitrogens with zero attached hydrogens (tertiary/aromatic N) is 4. The maximum absolute atomic E-state index is 9.12. The van der Waals surface area contributed by atoms with Crippen LogP contribution in [-0.4, -0.2) is 14.8 Å². The van der Waals surface area contributed by atoms with Crippen molar-refractivity contribution in [3.63, 3.8) is 0 Å². The Bertz CT molecular complexity index is 624. The minimum atomic E-state index is 0.489. The van der Waals surface area contributed by atoms with Gasteiger partial charge < -0.3 is 5.73 Å². The van der Waals surface area contributed by atoms with E-state index in [-0.39, 0.29) is 0 Å². The van der Waals surface area contributed by atoms with Crippen molar-refractivity contribution in [2.75, 3.05) is 5.73 Å². The van der Waals surface area contributed by atoms with Crippen molar-refractivity contribution in [3.05, 3.63) is 28.1 Å². The summed E-state index contributed by atoms with van der Waals surface area (Å²) in [5, 5.41) is 13.3. The standard InChI is InChI=1S/C11H10BrN5/c1-6-3-7(5-15-11(6)14)9-8(4-13)17(2)16-10(9)12/h3,5H,1-2H3,(H2,14,15). The summed E-state index contributed by atoms with van der Waals surface area (Å²) >= 11 is 3.35. The lowest BCUT2D eigenvalue weighted by molar-refractivity contribution is 0.749. The Morgan fingerprint density at radius 3 is 2.82 bits per heavy atom. The van der Waals surface area contributed by atoms with E-state index in [1.807, 2.05) is 13.0 Å². The summed E-state index contributed by atoms with van der Waals surface area (Å²) in [5.74, 6) is 0.493. The lowest BCUT2D eigenvalue weighted by Crippen LogP contribution is -1.96. The zero-order valence-electron chi connectivity index (χ0n) is 9.40. The Morgan fingerprint density at radius 2 is 2.24 bits per heavy atom. The van der Waals surface area contributed by atoms with Crippen molar-refractivity contribution in [3.8, 4) is 17.2 Å². The number of anilines is 1.